The molecule has 0 radical (unpaired) electrons. The predicted octanol–water partition coefficient (Wildman–Crippen LogP) is 1.16. The van der Waals surface area contributed by atoms with Crippen LogP contribution in [-0.2, 0) is 4.74 Å². The molecule has 3 nitrogen and oxygen atoms in total. The lowest BCUT2D eigenvalue weighted by molar-refractivity contribution is -0.0535. The molecule has 0 aromatic carbocycles. The highest BCUT2D eigenvalue weighted by atomic mass is 16.5. The highest BCUT2D eigenvalue weighted by Gasteiger charge is 2.20. The molecule has 2 N–H and O–H groups in total. The Morgan fingerprint density at radius 3 is 2.71 bits per heavy atom. The van der Waals surface area contributed by atoms with Crippen LogP contribution in [0.3, 0.4) is 0 Å². The van der Waals surface area contributed by atoms with Crippen molar-refractivity contribution in [1.29, 1.82) is 0 Å². The second-order valence-corrected chi connectivity index (χ2v) is 5.17. The third-order valence-electron chi connectivity index (χ3n) is 2.48. The molecule has 1 aliphatic rings. The molecule has 0 spiro atoms. The van der Waals surface area contributed by atoms with Gasteiger partial charge in [-0.25, -0.2) is 0 Å². The van der Waals surface area contributed by atoms with Gasteiger partial charge in [-0.15, -0.1) is 0 Å². The summed E-state index contributed by atoms with van der Waals surface area (Å²) in [7, 11) is 0. The van der Waals surface area contributed by atoms with Gasteiger partial charge in [-0.05, 0) is 52.6 Å². The first-order valence-corrected chi connectivity index (χ1v) is 5.50. The maximum atomic E-state index is 9.72. The number of aliphatic hydroxyl groups is 1. The van der Waals surface area contributed by atoms with Gasteiger partial charge in [0.25, 0.3) is 0 Å². The number of ether oxygens (including phenoxy) is 1. The van der Waals surface area contributed by atoms with Crippen LogP contribution in [0.2, 0.25) is 0 Å². The molecule has 1 aliphatic heterocycles. The van der Waals surface area contributed by atoms with E-state index in [1.54, 1.807) is 0 Å². The molecule has 0 aromatic rings. The van der Waals surface area contributed by atoms with Gasteiger partial charge in [0.15, 0.2) is 0 Å². The van der Waals surface area contributed by atoms with Crippen LogP contribution in [0.25, 0.3) is 0 Å². The minimum Gasteiger partial charge on any atom is -0.391 e. The Kier molecular flexibility index (Phi) is 4.35. The Hall–Kier alpha value is -0.120. The highest BCUT2D eigenvalue weighted by Crippen LogP contribution is 2.16. The van der Waals surface area contributed by atoms with Gasteiger partial charge in [0.2, 0.25) is 0 Å². The number of nitrogens with one attached hydrogen (secondary N) is 1. The minimum atomic E-state index is -0.306. The second kappa shape index (κ2) is 5.10. The first-order valence-electron chi connectivity index (χ1n) is 5.50. The van der Waals surface area contributed by atoms with E-state index in [1.165, 1.54) is 6.42 Å². The number of hydrogen-bond acceptors (Lipinski definition) is 3. The second-order valence-electron chi connectivity index (χ2n) is 5.17. The Morgan fingerprint density at radius 1 is 1.50 bits per heavy atom. The first-order chi connectivity index (χ1) is 6.47. The van der Waals surface area contributed by atoms with Crippen molar-refractivity contribution in [2.24, 2.45) is 5.92 Å². The molecule has 84 valence electrons. The van der Waals surface area contributed by atoms with Gasteiger partial charge in [-0.1, -0.05) is 0 Å². The summed E-state index contributed by atoms with van der Waals surface area (Å²) < 4.78 is 5.53. The molecule has 1 heterocycles. The van der Waals surface area contributed by atoms with Crippen molar-refractivity contribution in [1.82, 2.24) is 5.32 Å². The zero-order chi connectivity index (χ0) is 10.6. The molecule has 1 saturated heterocycles. The number of hydrogen-bond donors (Lipinski definition) is 2. The van der Waals surface area contributed by atoms with Crippen LogP contribution in [-0.4, -0.2) is 36.5 Å². The van der Waals surface area contributed by atoms with E-state index in [1.807, 2.05) is 20.8 Å². The Balaban J connectivity index is 2.12. The van der Waals surface area contributed by atoms with E-state index in [2.05, 4.69) is 5.32 Å². The van der Waals surface area contributed by atoms with E-state index in [0.717, 1.165) is 19.5 Å². The first kappa shape index (κ1) is 12.0. The quantitative estimate of drug-likeness (QED) is 0.717. The Morgan fingerprint density at radius 2 is 2.21 bits per heavy atom. The van der Waals surface area contributed by atoms with E-state index in [-0.39, 0.29) is 11.7 Å². The van der Waals surface area contributed by atoms with Crippen LogP contribution in [0.1, 0.15) is 33.6 Å². The normalized spacial score (nSPS) is 25.3. The summed E-state index contributed by atoms with van der Waals surface area (Å²) in [5, 5.41) is 13.0. The minimum absolute atomic E-state index is 0.144. The average molecular weight is 201 g/mol. The molecular formula is C11H23NO2. The van der Waals surface area contributed by atoms with Crippen LogP contribution in [0, 0.1) is 5.92 Å². The molecule has 14 heavy (non-hydrogen) atoms. The van der Waals surface area contributed by atoms with Crippen molar-refractivity contribution in [3.05, 3.63) is 0 Å². The summed E-state index contributed by atoms with van der Waals surface area (Å²) in [5.41, 5.74) is -0.144. The molecule has 1 fully saturated rings. The molecule has 0 saturated carbocycles. The van der Waals surface area contributed by atoms with Crippen LogP contribution in [0.4, 0.5) is 0 Å². The van der Waals surface area contributed by atoms with Crippen LogP contribution >= 0.6 is 0 Å². The molecule has 1 rings (SSSR count). The van der Waals surface area contributed by atoms with E-state index in [9.17, 15) is 5.11 Å². The van der Waals surface area contributed by atoms with Gasteiger partial charge in [-0.2, -0.15) is 0 Å². The lowest BCUT2D eigenvalue weighted by atomic mass is 10.0. The number of aliphatic hydroxyl groups excluding tert-OH is 1. The smallest absolute Gasteiger partial charge is 0.0777 e. The molecule has 0 amide bonds. The van der Waals surface area contributed by atoms with Crippen LogP contribution in [0.15, 0.2) is 0 Å². The van der Waals surface area contributed by atoms with E-state index in [0.29, 0.717) is 12.5 Å². The van der Waals surface area contributed by atoms with Gasteiger partial charge >= 0.3 is 0 Å². The summed E-state index contributed by atoms with van der Waals surface area (Å²) in [4.78, 5) is 0. The molecule has 0 aliphatic carbocycles. The topological polar surface area (TPSA) is 41.5 Å². The molecule has 3 heteroatoms. The fourth-order valence-corrected chi connectivity index (χ4v) is 1.71. The van der Waals surface area contributed by atoms with E-state index < -0.39 is 0 Å². The molecule has 0 bridgehead atoms. The van der Waals surface area contributed by atoms with Crippen molar-refractivity contribution in [2.75, 3.05) is 19.7 Å². The van der Waals surface area contributed by atoms with Gasteiger partial charge < -0.3 is 15.2 Å². The monoisotopic (exact) mass is 201 g/mol. The molecular weight excluding hydrogens is 178 g/mol. The lowest BCUT2D eigenvalue weighted by Gasteiger charge is -2.23. The van der Waals surface area contributed by atoms with Gasteiger partial charge in [0, 0.05) is 0 Å². The van der Waals surface area contributed by atoms with Crippen LogP contribution in [0.5, 0.6) is 0 Å². The summed E-state index contributed by atoms with van der Waals surface area (Å²) in [6, 6.07) is 0. The maximum Gasteiger partial charge on any atom is 0.0777 e. The van der Waals surface area contributed by atoms with Crippen molar-refractivity contribution < 1.29 is 9.84 Å². The highest BCUT2D eigenvalue weighted by molar-refractivity contribution is 4.74. The van der Waals surface area contributed by atoms with Gasteiger partial charge in [0.1, 0.15) is 0 Å². The van der Waals surface area contributed by atoms with Crippen molar-refractivity contribution in [3.63, 3.8) is 0 Å². The van der Waals surface area contributed by atoms with Crippen LogP contribution < -0.4 is 5.32 Å². The van der Waals surface area contributed by atoms with Crippen molar-refractivity contribution in [3.8, 4) is 0 Å². The summed E-state index contributed by atoms with van der Waals surface area (Å²) in [6.07, 6.45) is 1.74. The summed E-state index contributed by atoms with van der Waals surface area (Å²) in [5.74, 6) is 0.633. The van der Waals surface area contributed by atoms with Crippen molar-refractivity contribution in [2.45, 2.75) is 45.3 Å². The van der Waals surface area contributed by atoms with E-state index in [4.69, 9.17) is 4.74 Å². The Labute approximate surface area is 86.8 Å². The molecule has 0 aromatic heterocycles. The standard InChI is InChI=1S/C11H23NO2/c1-11(2,3)14-8-10(13)6-9-4-5-12-7-9/h9-10,12-13H,4-8H2,1-3H3/t9?,10-/m0/s1. The SMILES string of the molecule is CC(C)(C)OC[C@@H](O)CC1CCNC1. The fraction of sp³-hybridized carbons (Fsp3) is 1.00. The summed E-state index contributed by atoms with van der Waals surface area (Å²) >= 11 is 0. The van der Waals surface area contributed by atoms with Crippen molar-refractivity contribution >= 4 is 0 Å². The largest absolute Gasteiger partial charge is 0.391 e. The predicted molar refractivity (Wildman–Crippen MR) is 57.3 cm³/mol. The maximum absolute atomic E-state index is 9.72. The zero-order valence-electron chi connectivity index (χ0n) is 9.55. The lowest BCUT2D eigenvalue weighted by Crippen LogP contribution is -2.28. The number of rotatable bonds is 4. The summed E-state index contributed by atoms with van der Waals surface area (Å²) in [6.45, 7) is 8.63. The molecule has 1 unspecified atom stereocenters. The van der Waals surface area contributed by atoms with E-state index >= 15 is 0 Å². The average Bonchev–Trinajstić information content (AvgIpc) is 2.52. The van der Waals surface area contributed by atoms with Gasteiger partial charge in [0.05, 0.1) is 18.3 Å². The Bertz CT molecular complexity index is 159. The third kappa shape index (κ3) is 4.94. The van der Waals surface area contributed by atoms with Gasteiger partial charge in [-0.3, -0.25) is 0 Å². The molecule has 2 atom stereocenters. The zero-order valence-corrected chi connectivity index (χ0v) is 9.55. The fourth-order valence-electron chi connectivity index (χ4n) is 1.71. The third-order valence-corrected chi connectivity index (χ3v) is 2.48.